The SMILES string of the molecule is Cc1ccc(C2=C(Nc3c(C)cccc3C)N3C=CN(CC(N)=O)C=C3N2)s1. The maximum atomic E-state index is 11.3. The number of amides is 1. The highest BCUT2D eigenvalue weighted by Gasteiger charge is 2.30. The monoisotopic (exact) mass is 393 g/mol. The Morgan fingerprint density at radius 1 is 1.14 bits per heavy atom. The van der Waals surface area contributed by atoms with Crippen LogP contribution < -0.4 is 16.4 Å². The molecule has 3 heterocycles. The molecule has 1 aromatic heterocycles. The molecule has 0 fully saturated rings. The van der Waals surface area contributed by atoms with E-state index in [4.69, 9.17) is 5.73 Å². The first-order valence-electron chi connectivity index (χ1n) is 9.07. The molecule has 4 rings (SSSR count). The molecule has 0 radical (unpaired) electrons. The molecule has 4 N–H and O–H groups in total. The van der Waals surface area contributed by atoms with E-state index in [2.05, 4.69) is 66.6 Å². The lowest BCUT2D eigenvalue weighted by molar-refractivity contribution is -0.118. The van der Waals surface area contributed by atoms with E-state index in [0.717, 1.165) is 27.9 Å². The summed E-state index contributed by atoms with van der Waals surface area (Å²) in [5.74, 6) is 1.46. The van der Waals surface area contributed by atoms with Crippen molar-refractivity contribution < 1.29 is 4.79 Å². The summed E-state index contributed by atoms with van der Waals surface area (Å²) in [6, 6.07) is 10.5. The third-order valence-electron chi connectivity index (χ3n) is 4.74. The molecule has 7 heteroatoms. The number of anilines is 1. The van der Waals surface area contributed by atoms with Gasteiger partial charge in [-0.2, -0.15) is 0 Å². The average Bonchev–Trinajstić information content (AvgIpc) is 3.21. The van der Waals surface area contributed by atoms with E-state index < -0.39 is 0 Å². The van der Waals surface area contributed by atoms with E-state index >= 15 is 0 Å². The minimum atomic E-state index is -0.371. The van der Waals surface area contributed by atoms with Gasteiger partial charge >= 0.3 is 0 Å². The van der Waals surface area contributed by atoms with Gasteiger partial charge in [0.2, 0.25) is 5.91 Å². The molecular formula is C21H23N5OS. The van der Waals surface area contributed by atoms with Gasteiger partial charge in [0.1, 0.15) is 18.2 Å². The number of para-hydroxylation sites is 1. The predicted molar refractivity (Wildman–Crippen MR) is 114 cm³/mol. The molecule has 2 aliphatic rings. The molecule has 2 aromatic rings. The van der Waals surface area contributed by atoms with Gasteiger partial charge in [-0.3, -0.25) is 9.69 Å². The molecule has 144 valence electrons. The van der Waals surface area contributed by atoms with Crippen LogP contribution in [0.4, 0.5) is 5.69 Å². The fraction of sp³-hybridized carbons (Fsp3) is 0.190. The van der Waals surface area contributed by atoms with Crippen molar-refractivity contribution in [3.8, 4) is 0 Å². The van der Waals surface area contributed by atoms with E-state index in [1.54, 1.807) is 16.2 Å². The Bertz CT molecular complexity index is 1010. The van der Waals surface area contributed by atoms with E-state index in [0.29, 0.717) is 0 Å². The van der Waals surface area contributed by atoms with Crippen LogP contribution >= 0.6 is 11.3 Å². The number of benzene rings is 1. The third kappa shape index (κ3) is 3.36. The fourth-order valence-corrected chi connectivity index (χ4v) is 4.24. The van der Waals surface area contributed by atoms with Crippen molar-refractivity contribution in [2.24, 2.45) is 5.73 Å². The van der Waals surface area contributed by atoms with Gasteiger partial charge in [-0.05, 0) is 44.0 Å². The Labute approximate surface area is 168 Å². The highest BCUT2D eigenvalue weighted by molar-refractivity contribution is 7.13. The molecule has 1 amide bonds. The van der Waals surface area contributed by atoms with Crippen molar-refractivity contribution in [2.75, 3.05) is 11.9 Å². The number of nitrogens with zero attached hydrogens (tertiary/aromatic N) is 2. The van der Waals surface area contributed by atoms with Crippen LogP contribution in [-0.4, -0.2) is 22.3 Å². The summed E-state index contributed by atoms with van der Waals surface area (Å²) in [7, 11) is 0. The molecule has 1 aromatic carbocycles. The van der Waals surface area contributed by atoms with Crippen LogP contribution in [0.2, 0.25) is 0 Å². The predicted octanol–water partition coefficient (Wildman–Crippen LogP) is 3.39. The minimum Gasteiger partial charge on any atom is -0.368 e. The van der Waals surface area contributed by atoms with Gasteiger partial charge in [-0.15, -0.1) is 11.3 Å². The number of aryl methyl sites for hydroxylation is 3. The smallest absolute Gasteiger partial charge is 0.237 e. The molecule has 0 saturated heterocycles. The van der Waals surface area contributed by atoms with Gasteiger partial charge < -0.3 is 21.3 Å². The molecular weight excluding hydrogens is 370 g/mol. The minimum absolute atomic E-state index is 0.141. The van der Waals surface area contributed by atoms with Crippen LogP contribution in [0.1, 0.15) is 20.9 Å². The number of carbonyl (C=O) groups is 1. The number of hydrogen-bond donors (Lipinski definition) is 3. The third-order valence-corrected chi connectivity index (χ3v) is 5.75. The molecule has 28 heavy (non-hydrogen) atoms. The Kier molecular flexibility index (Phi) is 4.60. The lowest BCUT2D eigenvalue weighted by Crippen LogP contribution is -2.32. The zero-order chi connectivity index (χ0) is 19.8. The number of fused-ring (bicyclic) bond motifs is 1. The van der Waals surface area contributed by atoms with Crippen LogP contribution in [0.25, 0.3) is 5.70 Å². The molecule has 0 atom stereocenters. The van der Waals surface area contributed by atoms with Crippen molar-refractivity contribution in [1.29, 1.82) is 0 Å². The van der Waals surface area contributed by atoms with Crippen molar-refractivity contribution in [3.05, 3.63) is 81.5 Å². The van der Waals surface area contributed by atoms with Gasteiger partial charge in [0, 0.05) is 29.2 Å². The number of thiophene rings is 1. The number of hydrogen-bond acceptors (Lipinski definition) is 6. The normalized spacial score (nSPS) is 15.5. The van der Waals surface area contributed by atoms with Gasteiger partial charge in [-0.1, -0.05) is 18.2 Å². The maximum absolute atomic E-state index is 11.3. The van der Waals surface area contributed by atoms with E-state index in [1.165, 1.54) is 16.0 Å². The lowest BCUT2D eigenvalue weighted by Gasteiger charge is -2.27. The molecule has 2 aliphatic heterocycles. The van der Waals surface area contributed by atoms with Crippen LogP contribution in [0, 0.1) is 20.8 Å². The highest BCUT2D eigenvalue weighted by Crippen LogP contribution is 2.36. The summed E-state index contributed by atoms with van der Waals surface area (Å²) in [5.41, 5.74) is 9.82. The van der Waals surface area contributed by atoms with Gasteiger partial charge in [0.05, 0.1) is 10.6 Å². The fourth-order valence-electron chi connectivity index (χ4n) is 3.37. The first kappa shape index (κ1) is 18.2. The van der Waals surface area contributed by atoms with Crippen molar-refractivity contribution >= 4 is 28.6 Å². The number of nitrogens with two attached hydrogens (primary N) is 1. The molecule has 0 spiro atoms. The topological polar surface area (TPSA) is 73.6 Å². The van der Waals surface area contributed by atoms with Crippen molar-refractivity contribution in [1.82, 2.24) is 15.1 Å². The second kappa shape index (κ2) is 7.09. The lowest BCUT2D eigenvalue weighted by atomic mass is 10.1. The van der Waals surface area contributed by atoms with E-state index in [1.807, 2.05) is 18.6 Å². The van der Waals surface area contributed by atoms with Crippen molar-refractivity contribution in [3.63, 3.8) is 0 Å². The molecule has 0 bridgehead atoms. The summed E-state index contributed by atoms with van der Waals surface area (Å²) < 4.78 is 0. The van der Waals surface area contributed by atoms with Gasteiger partial charge in [0.15, 0.2) is 0 Å². The number of primary amides is 1. The molecule has 0 saturated carbocycles. The maximum Gasteiger partial charge on any atom is 0.237 e. The molecule has 0 unspecified atom stereocenters. The number of carbonyl (C=O) groups excluding carboxylic acids is 1. The average molecular weight is 394 g/mol. The number of rotatable bonds is 5. The zero-order valence-corrected chi connectivity index (χ0v) is 16.9. The Hall–Kier alpha value is -3.19. The Morgan fingerprint density at radius 2 is 1.89 bits per heavy atom. The largest absolute Gasteiger partial charge is 0.368 e. The first-order chi connectivity index (χ1) is 13.4. The summed E-state index contributed by atoms with van der Waals surface area (Å²) in [6.07, 6.45) is 5.68. The summed E-state index contributed by atoms with van der Waals surface area (Å²) in [4.78, 5) is 17.5. The molecule has 0 aliphatic carbocycles. The second-order valence-electron chi connectivity index (χ2n) is 6.97. The zero-order valence-electron chi connectivity index (χ0n) is 16.1. The van der Waals surface area contributed by atoms with Crippen LogP contribution in [-0.2, 0) is 4.79 Å². The van der Waals surface area contributed by atoms with Crippen LogP contribution in [0.5, 0.6) is 0 Å². The summed E-state index contributed by atoms with van der Waals surface area (Å²) in [6.45, 7) is 6.45. The Balaban J connectivity index is 1.75. The van der Waals surface area contributed by atoms with Gasteiger partial charge in [-0.25, -0.2) is 0 Å². The summed E-state index contributed by atoms with van der Waals surface area (Å²) in [5, 5.41) is 7.14. The second-order valence-corrected chi connectivity index (χ2v) is 8.26. The van der Waals surface area contributed by atoms with E-state index in [9.17, 15) is 4.79 Å². The van der Waals surface area contributed by atoms with Crippen LogP contribution in [0.15, 0.2) is 60.6 Å². The quantitative estimate of drug-likeness (QED) is 0.726. The van der Waals surface area contributed by atoms with Crippen LogP contribution in [0.3, 0.4) is 0 Å². The van der Waals surface area contributed by atoms with E-state index in [-0.39, 0.29) is 12.5 Å². The highest BCUT2D eigenvalue weighted by atomic mass is 32.1. The van der Waals surface area contributed by atoms with Gasteiger partial charge in [0.25, 0.3) is 0 Å². The standard InChI is InChI=1S/C21H23N5OS/c1-13-5-4-6-14(2)19(13)24-21-20(16-8-7-15(3)28-16)23-18-12-25(11-17(22)27)9-10-26(18)21/h4-10,12,23-24H,11H2,1-3H3,(H2,22,27). The molecule has 6 nitrogen and oxygen atoms in total. The van der Waals surface area contributed by atoms with Crippen molar-refractivity contribution in [2.45, 2.75) is 20.8 Å². The number of nitrogens with one attached hydrogen (secondary N) is 2. The Morgan fingerprint density at radius 3 is 2.54 bits per heavy atom. The first-order valence-corrected chi connectivity index (χ1v) is 9.89. The summed E-state index contributed by atoms with van der Waals surface area (Å²) >= 11 is 1.74.